The van der Waals surface area contributed by atoms with Gasteiger partial charge in [-0.15, -0.1) is 0 Å². The molecule has 8 heteroatoms. The number of allylic oxidation sites excluding steroid dienone is 1. The number of carbonyl (C=O) groups excluding carboxylic acids is 1. The monoisotopic (exact) mass is 497 g/mol. The van der Waals surface area contributed by atoms with Crippen molar-refractivity contribution < 1.29 is 4.79 Å². The number of aromatic amines is 2. The van der Waals surface area contributed by atoms with Gasteiger partial charge >= 0.3 is 5.69 Å². The van der Waals surface area contributed by atoms with Crippen LogP contribution in [0.15, 0.2) is 82.0 Å². The quantitative estimate of drug-likeness (QED) is 0.318. The van der Waals surface area contributed by atoms with Crippen LogP contribution in [0, 0.1) is 0 Å². The van der Waals surface area contributed by atoms with Gasteiger partial charge in [0.25, 0.3) is 5.56 Å². The van der Waals surface area contributed by atoms with E-state index in [0.29, 0.717) is 13.0 Å². The van der Waals surface area contributed by atoms with Crippen LogP contribution in [0.1, 0.15) is 43.2 Å². The lowest BCUT2D eigenvalue weighted by Gasteiger charge is -2.26. The highest BCUT2D eigenvalue weighted by Crippen LogP contribution is 2.25. The molecule has 4 aromatic rings. The molecule has 37 heavy (non-hydrogen) atoms. The Bertz CT molecular complexity index is 1560. The van der Waals surface area contributed by atoms with Crippen LogP contribution in [0.3, 0.4) is 0 Å². The summed E-state index contributed by atoms with van der Waals surface area (Å²) < 4.78 is 1.32. The second-order valence-electron chi connectivity index (χ2n) is 9.50. The summed E-state index contributed by atoms with van der Waals surface area (Å²) >= 11 is 0. The zero-order chi connectivity index (χ0) is 25.8. The Hall–Kier alpha value is -4.33. The first-order chi connectivity index (χ1) is 18.0. The summed E-state index contributed by atoms with van der Waals surface area (Å²) in [6, 6.07) is 17.2. The highest BCUT2D eigenvalue weighted by atomic mass is 16.2. The topological polar surface area (TPSA) is 117 Å². The van der Waals surface area contributed by atoms with Gasteiger partial charge in [-0.25, -0.2) is 4.79 Å². The molecule has 190 valence electrons. The van der Waals surface area contributed by atoms with Crippen molar-refractivity contribution >= 4 is 28.3 Å². The molecule has 0 saturated heterocycles. The van der Waals surface area contributed by atoms with E-state index in [9.17, 15) is 14.4 Å². The number of benzene rings is 2. The smallest absolute Gasteiger partial charge is 0.330 e. The van der Waals surface area contributed by atoms with Crippen LogP contribution in [0.2, 0.25) is 0 Å². The van der Waals surface area contributed by atoms with Gasteiger partial charge in [-0.3, -0.25) is 19.1 Å². The summed E-state index contributed by atoms with van der Waals surface area (Å²) in [7, 11) is 0. The summed E-state index contributed by atoms with van der Waals surface area (Å²) in [5.41, 5.74) is 9.16. The molecular weight excluding hydrogens is 466 g/mol. The van der Waals surface area contributed by atoms with Crippen LogP contribution in [-0.2, 0) is 17.8 Å². The zero-order valence-corrected chi connectivity index (χ0v) is 20.7. The minimum atomic E-state index is -0.656. The molecule has 0 bridgehead atoms. The second-order valence-corrected chi connectivity index (χ2v) is 9.50. The maximum Gasteiger partial charge on any atom is 0.330 e. The van der Waals surface area contributed by atoms with E-state index < -0.39 is 11.2 Å². The number of hydrogen-bond acceptors (Lipinski definition) is 4. The maximum absolute atomic E-state index is 13.8. The predicted octanol–water partition coefficient (Wildman–Crippen LogP) is 4.11. The molecule has 0 fully saturated rings. The number of nitrogens with zero attached hydrogens (tertiary/aromatic N) is 2. The molecule has 0 spiro atoms. The molecule has 2 aromatic carbocycles. The van der Waals surface area contributed by atoms with Crippen LogP contribution in [0.25, 0.3) is 10.9 Å². The van der Waals surface area contributed by atoms with Crippen LogP contribution < -0.4 is 21.9 Å². The normalized spacial score (nSPS) is 13.5. The van der Waals surface area contributed by atoms with E-state index in [1.165, 1.54) is 21.5 Å². The number of fused-ring (bicyclic) bond motifs is 1. The second kappa shape index (κ2) is 10.7. The number of aromatic nitrogens is 3. The van der Waals surface area contributed by atoms with Crippen LogP contribution >= 0.6 is 0 Å². The molecule has 2 heterocycles. The lowest BCUT2D eigenvalue weighted by Crippen LogP contribution is -2.42. The van der Waals surface area contributed by atoms with E-state index in [1.807, 2.05) is 60.8 Å². The Labute approximate surface area is 214 Å². The summed E-state index contributed by atoms with van der Waals surface area (Å²) in [6.45, 7) is 0.495. The first-order valence-electron chi connectivity index (χ1n) is 12.7. The van der Waals surface area contributed by atoms with E-state index >= 15 is 0 Å². The Morgan fingerprint density at radius 1 is 1.03 bits per heavy atom. The molecule has 1 aliphatic rings. The molecule has 5 rings (SSSR count). The number of nitrogen functional groups attached to an aromatic ring is 1. The molecule has 8 nitrogen and oxygen atoms in total. The zero-order valence-electron chi connectivity index (χ0n) is 20.7. The fourth-order valence-electron chi connectivity index (χ4n) is 5.05. The number of nitrogens with two attached hydrogens (primary N) is 1. The lowest BCUT2D eigenvalue weighted by atomic mass is 9.97. The van der Waals surface area contributed by atoms with Crippen molar-refractivity contribution in [3.63, 3.8) is 0 Å². The standard InChI is InChI=1S/C29H31N5O3/c30-27-26(28(36)32-29(37)34(27)19-21-11-5-2-6-12-21)33(16-15-20-9-3-1-4-10-20)25(35)17-22-18-31-24-14-8-7-13-23(22)24/h2,5-9,11-14,18,31H,1,3-4,10,15-17,19,30H2,(H,32,36,37). The Kier molecular flexibility index (Phi) is 7.07. The molecular formula is C29H31N5O3. The number of rotatable bonds is 8. The van der Waals surface area contributed by atoms with Gasteiger partial charge in [-0.05, 0) is 49.3 Å². The molecule has 0 atom stereocenters. The molecule has 0 unspecified atom stereocenters. The van der Waals surface area contributed by atoms with Crippen LogP contribution in [0.4, 0.5) is 11.5 Å². The highest BCUT2D eigenvalue weighted by Gasteiger charge is 2.25. The summed E-state index contributed by atoms with van der Waals surface area (Å²) in [4.78, 5) is 46.7. The average molecular weight is 498 g/mol. The van der Waals surface area contributed by atoms with Crippen molar-refractivity contribution in [2.75, 3.05) is 17.2 Å². The molecule has 2 aromatic heterocycles. The van der Waals surface area contributed by atoms with Crippen molar-refractivity contribution in [1.29, 1.82) is 0 Å². The first-order valence-corrected chi connectivity index (χ1v) is 12.7. The van der Waals surface area contributed by atoms with E-state index in [1.54, 1.807) is 0 Å². The van der Waals surface area contributed by atoms with E-state index in [2.05, 4.69) is 16.0 Å². The molecule has 0 saturated carbocycles. The number of nitrogens with one attached hydrogen (secondary N) is 2. The third-order valence-corrected chi connectivity index (χ3v) is 7.03. The highest BCUT2D eigenvalue weighted by molar-refractivity contribution is 5.99. The molecule has 0 aliphatic heterocycles. The SMILES string of the molecule is Nc1c(N(CCC2=CCCCC2)C(=O)Cc2c[nH]c3ccccc23)c(=O)[nH]c(=O)n1Cc1ccccc1. The minimum Gasteiger partial charge on any atom is -0.383 e. The third-order valence-electron chi connectivity index (χ3n) is 7.03. The minimum absolute atomic E-state index is 0.0116. The maximum atomic E-state index is 13.8. The lowest BCUT2D eigenvalue weighted by molar-refractivity contribution is -0.118. The Morgan fingerprint density at radius 2 is 1.81 bits per heavy atom. The van der Waals surface area contributed by atoms with Gasteiger partial charge in [0.05, 0.1) is 13.0 Å². The summed E-state index contributed by atoms with van der Waals surface area (Å²) in [5.74, 6) is -0.259. The van der Waals surface area contributed by atoms with Crippen molar-refractivity contribution in [1.82, 2.24) is 14.5 Å². The van der Waals surface area contributed by atoms with Crippen molar-refractivity contribution in [3.05, 3.63) is 104 Å². The van der Waals surface area contributed by atoms with Gasteiger partial charge in [0.2, 0.25) is 5.91 Å². The van der Waals surface area contributed by atoms with Gasteiger partial charge < -0.3 is 15.6 Å². The fourth-order valence-corrected chi connectivity index (χ4v) is 5.05. The van der Waals surface area contributed by atoms with Gasteiger partial charge in [0.15, 0.2) is 5.69 Å². The van der Waals surface area contributed by atoms with Crippen molar-refractivity contribution in [2.45, 2.75) is 45.1 Å². The van der Waals surface area contributed by atoms with E-state index in [-0.39, 0.29) is 30.4 Å². The number of carbonyl (C=O) groups is 1. The van der Waals surface area contributed by atoms with Crippen molar-refractivity contribution in [2.24, 2.45) is 0 Å². The number of amides is 1. The van der Waals surface area contributed by atoms with Crippen LogP contribution in [-0.4, -0.2) is 27.0 Å². The van der Waals surface area contributed by atoms with E-state index in [4.69, 9.17) is 5.73 Å². The summed E-state index contributed by atoms with van der Waals surface area (Å²) in [6.07, 6.45) is 9.12. The first kappa shape index (κ1) is 24.4. The number of hydrogen-bond donors (Lipinski definition) is 3. The summed E-state index contributed by atoms with van der Waals surface area (Å²) in [5, 5.41) is 0.960. The van der Waals surface area contributed by atoms with Gasteiger partial charge in [0.1, 0.15) is 5.82 Å². The predicted molar refractivity (Wildman–Crippen MR) is 147 cm³/mol. The average Bonchev–Trinajstić information content (AvgIpc) is 3.32. The van der Waals surface area contributed by atoms with Gasteiger partial charge in [-0.2, -0.15) is 0 Å². The number of anilines is 2. The van der Waals surface area contributed by atoms with E-state index in [0.717, 1.165) is 41.3 Å². The van der Waals surface area contributed by atoms with Crippen molar-refractivity contribution in [3.8, 4) is 0 Å². The number of H-pyrrole nitrogens is 2. The van der Waals surface area contributed by atoms with Crippen LogP contribution in [0.5, 0.6) is 0 Å². The molecule has 1 amide bonds. The fraction of sp³-hybridized carbons (Fsp3) is 0.276. The van der Waals surface area contributed by atoms with Gasteiger partial charge in [-0.1, -0.05) is 60.2 Å². The Balaban J connectivity index is 1.52. The Morgan fingerprint density at radius 3 is 2.59 bits per heavy atom. The number of para-hydroxylation sites is 1. The van der Waals surface area contributed by atoms with Gasteiger partial charge in [0, 0.05) is 23.6 Å². The third kappa shape index (κ3) is 5.28. The largest absolute Gasteiger partial charge is 0.383 e. The molecule has 4 N–H and O–H groups in total. The molecule has 1 aliphatic carbocycles. The molecule has 0 radical (unpaired) electrons.